The van der Waals surface area contributed by atoms with Crippen molar-refractivity contribution in [1.29, 1.82) is 0 Å². The van der Waals surface area contributed by atoms with Crippen LogP contribution < -0.4 is 0 Å². The quantitative estimate of drug-likeness (QED) is 0.434. The van der Waals surface area contributed by atoms with Crippen LogP contribution in [-0.2, 0) is 0 Å². The summed E-state index contributed by atoms with van der Waals surface area (Å²) in [6.07, 6.45) is 19.8. The van der Waals surface area contributed by atoms with Gasteiger partial charge in [0.1, 0.15) is 0 Å². The summed E-state index contributed by atoms with van der Waals surface area (Å²) in [4.78, 5) is 0. The molecule has 0 radical (unpaired) electrons. The van der Waals surface area contributed by atoms with Crippen LogP contribution in [0.1, 0.15) is 90.4 Å². The molecule has 2 aliphatic rings. The molecule has 0 spiro atoms. The van der Waals surface area contributed by atoms with E-state index in [4.69, 9.17) is 0 Å². The number of hydrogen-bond donors (Lipinski definition) is 0. The highest BCUT2D eigenvalue weighted by atomic mass is 14.3. The molecule has 2 fully saturated rings. The van der Waals surface area contributed by atoms with E-state index in [1.54, 1.807) is 38.5 Å². The zero-order chi connectivity index (χ0) is 11.9. The topological polar surface area (TPSA) is 0 Å². The minimum atomic E-state index is 1.09. The van der Waals surface area contributed by atoms with Gasteiger partial charge in [0, 0.05) is 0 Å². The highest BCUT2D eigenvalue weighted by Gasteiger charge is 2.25. The minimum absolute atomic E-state index is 1.09. The van der Waals surface area contributed by atoms with Gasteiger partial charge < -0.3 is 0 Å². The molecule has 0 heterocycles. The Hall–Kier alpha value is 0. The molecule has 0 bridgehead atoms. The summed E-state index contributed by atoms with van der Waals surface area (Å²) in [6, 6.07) is 0. The van der Waals surface area contributed by atoms with E-state index in [2.05, 4.69) is 6.92 Å². The molecule has 2 rings (SSSR count). The lowest BCUT2D eigenvalue weighted by molar-refractivity contribution is 0.180. The fourth-order valence-electron chi connectivity index (χ4n) is 3.70. The maximum Gasteiger partial charge on any atom is -0.0386 e. The Labute approximate surface area is 109 Å². The van der Waals surface area contributed by atoms with Crippen LogP contribution in [-0.4, -0.2) is 0 Å². The van der Waals surface area contributed by atoms with Crippen molar-refractivity contribution in [2.75, 3.05) is 0 Å². The maximum atomic E-state index is 2.36. The Morgan fingerprint density at radius 3 is 2.18 bits per heavy atom. The first-order valence-electron chi connectivity index (χ1n) is 8.40. The fraction of sp³-hybridized carbons (Fsp3) is 1.00. The van der Waals surface area contributed by atoms with Gasteiger partial charge in [-0.1, -0.05) is 90.4 Å². The smallest absolute Gasteiger partial charge is 0.0386 e. The zero-order valence-electron chi connectivity index (χ0n) is 11.9. The lowest BCUT2D eigenvalue weighted by Gasteiger charge is -2.34. The second kappa shape index (κ2) is 7.44. The van der Waals surface area contributed by atoms with Crippen molar-refractivity contribution in [2.45, 2.75) is 90.4 Å². The maximum absolute atomic E-state index is 2.36. The van der Waals surface area contributed by atoms with Crippen LogP contribution >= 0.6 is 0 Å². The van der Waals surface area contributed by atoms with Gasteiger partial charge in [-0.2, -0.15) is 0 Å². The summed E-state index contributed by atoms with van der Waals surface area (Å²) in [5.41, 5.74) is 0. The molecule has 2 aliphatic carbocycles. The number of hydrogen-bond acceptors (Lipinski definition) is 0. The minimum Gasteiger partial charge on any atom is -0.0654 e. The fourth-order valence-corrected chi connectivity index (χ4v) is 3.70. The first kappa shape index (κ1) is 13.4. The molecular weight excluding hydrogens is 204 g/mol. The third-order valence-electron chi connectivity index (χ3n) is 5.39. The Balaban J connectivity index is 1.48. The number of unbranched alkanes of at least 4 members (excludes halogenated alkanes) is 2. The van der Waals surface area contributed by atoms with Crippen LogP contribution in [0.5, 0.6) is 0 Å². The Kier molecular flexibility index (Phi) is 5.88. The molecule has 0 aromatic rings. The summed E-state index contributed by atoms with van der Waals surface area (Å²) in [7, 11) is 0. The number of rotatable bonds is 9. The predicted molar refractivity (Wildman–Crippen MR) is 76.2 cm³/mol. The van der Waals surface area contributed by atoms with E-state index in [0.717, 1.165) is 17.8 Å². The summed E-state index contributed by atoms with van der Waals surface area (Å²) in [6.45, 7) is 2.36. The molecule has 0 aromatic carbocycles. The van der Waals surface area contributed by atoms with Gasteiger partial charge in [-0.15, -0.1) is 0 Å². The third-order valence-corrected chi connectivity index (χ3v) is 5.39. The van der Waals surface area contributed by atoms with E-state index >= 15 is 0 Å². The summed E-state index contributed by atoms with van der Waals surface area (Å²) >= 11 is 0. The van der Waals surface area contributed by atoms with Crippen molar-refractivity contribution in [3.63, 3.8) is 0 Å². The van der Waals surface area contributed by atoms with Crippen LogP contribution in [0.2, 0.25) is 0 Å². The van der Waals surface area contributed by atoms with Crippen LogP contribution in [0.25, 0.3) is 0 Å². The van der Waals surface area contributed by atoms with Gasteiger partial charge >= 0.3 is 0 Å². The van der Waals surface area contributed by atoms with Gasteiger partial charge in [0.05, 0.1) is 0 Å². The molecule has 17 heavy (non-hydrogen) atoms. The zero-order valence-corrected chi connectivity index (χ0v) is 11.9. The van der Waals surface area contributed by atoms with Crippen LogP contribution in [0.3, 0.4) is 0 Å². The van der Waals surface area contributed by atoms with Crippen LogP contribution in [0, 0.1) is 17.8 Å². The summed E-state index contributed by atoms with van der Waals surface area (Å²) < 4.78 is 0. The van der Waals surface area contributed by atoms with Crippen molar-refractivity contribution in [1.82, 2.24) is 0 Å². The van der Waals surface area contributed by atoms with E-state index < -0.39 is 0 Å². The van der Waals surface area contributed by atoms with Gasteiger partial charge in [0.2, 0.25) is 0 Å². The third kappa shape index (κ3) is 4.30. The molecule has 1 unspecified atom stereocenters. The monoisotopic (exact) mass is 236 g/mol. The average Bonchev–Trinajstić information content (AvgIpc) is 2.18. The molecule has 0 aromatic heterocycles. The van der Waals surface area contributed by atoms with Gasteiger partial charge in [0.15, 0.2) is 0 Å². The molecule has 0 amide bonds. The molecule has 100 valence electrons. The lowest BCUT2D eigenvalue weighted by Crippen LogP contribution is -2.22. The summed E-state index contributed by atoms with van der Waals surface area (Å²) in [5.74, 6) is 3.35. The van der Waals surface area contributed by atoms with Gasteiger partial charge in [-0.05, 0) is 17.8 Å². The molecule has 0 N–H and O–H groups in total. The SMILES string of the molecule is CCCC(CCCCCC1CCC1)C1CCC1. The van der Waals surface area contributed by atoms with Gasteiger partial charge in [-0.25, -0.2) is 0 Å². The van der Waals surface area contributed by atoms with E-state index in [9.17, 15) is 0 Å². The Morgan fingerprint density at radius 2 is 1.65 bits per heavy atom. The molecule has 2 saturated carbocycles. The van der Waals surface area contributed by atoms with Crippen molar-refractivity contribution in [2.24, 2.45) is 17.8 Å². The van der Waals surface area contributed by atoms with Crippen LogP contribution in [0.4, 0.5) is 0 Å². The highest BCUT2D eigenvalue weighted by Crippen LogP contribution is 2.38. The van der Waals surface area contributed by atoms with Gasteiger partial charge in [-0.3, -0.25) is 0 Å². The molecular formula is C17H32. The van der Waals surface area contributed by atoms with Crippen LogP contribution in [0.15, 0.2) is 0 Å². The normalized spacial score (nSPS) is 23.1. The standard InChI is InChI=1S/C17H32/c1-2-8-16(17-13-7-14-17)12-5-3-4-9-15-10-6-11-15/h15-17H,2-14H2,1H3. The van der Waals surface area contributed by atoms with E-state index in [1.165, 1.54) is 44.9 Å². The van der Waals surface area contributed by atoms with Crippen molar-refractivity contribution < 1.29 is 0 Å². The Bertz CT molecular complexity index is 188. The molecule has 1 atom stereocenters. The lowest BCUT2D eigenvalue weighted by atomic mass is 9.72. The second-order valence-corrected chi connectivity index (χ2v) is 6.67. The molecule has 0 heteroatoms. The first-order chi connectivity index (χ1) is 8.40. The van der Waals surface area contributed by atoms with Gasteiger partial charge in [0.25, 0.3) is 0 Å². The van der Waals surface area contributed by atoms with E-state index in [-0.39, 0.29) is 0 Å². The largest absolute Gasteiger partial charge is 0.0654 e. The summed E-state index contributed by atoms with van der Waals surface area (Å²) in [5, 5.41) is 0. The van der Waals surface area contributed by atoms with E-state index in [1.807, 2.05) is 0 Å². The second-order valence-electron chi connectivity index (χ2n) is 6.67. The van der Waals surface area contributed by atoms with Crippen molar-refractivity contribution in [3.8, 4) is 0 Å². The molecule has 0 aliphatic heterocycles. The Morgan fingerprint density at radius 1 is 0.882 bits per heavy atom. The molecule has 0 saturated heterocycles. The highest BCUT2D eigenvalue weighted by molar-refractivity contribution is 4.77. The molecule has 0 nitrogen and oxygen atoms in total. The van der Waals surface area contributed by atoms with Crippen molar-refractivity contribution in [3.05, 3.63) is 0 Å². The van der Waals surface area contributed by atoms with E-state index in [0.29, 0.717) is 0 Å². The first-order valence-corrected chi connectivity index (χ1v) is 8.40. The average molecular weight is 236 g/mol. The van der Waals surface area contributed by atoms with Crippen molar-refractivity contribution >= 4 is 0 Å². The predicted octanol–water partition coefficient (Wildman–Crippen LogP) is 5.95.